The van der Waals surface area contributed by atoms with E-state index in [1.165, 1.54) is 12.1 Å². The number of hydrogen-bond donors (Lipinski definition) is 1. The van der Waals surface area contributed by atoms with E-state index in [0.29, 0.717) is 0 Å². The molecule has 0 aliphatic heterocycles. The Labute approximate surface area is 76.0 Å². The predicted molar refractivity (Wildman–Crippen MR) is 47.6 cm³/mol. The maximum Gasteiger partial charge on any atom is 0.125 e. The Kier molecular flexibility index (Phi) is 1.70. The third-order valence-electron chi connectivity index (χ3n) is 2.19. The summed E-state index contributed by atoms with van der Waals surface area (Å²) in [5.41, 5.74) is 0.429. The average molecular weight is 176 g/mol. The van der Waals surface area contributed by atoms with Gasteiger partial charge < -0.3 is 5.32 Å². The maximum atomic E-state index is 12.5. The first-order valence-corrected chi connectivity index (χ1v) is 4.19. The molecule has 0 aromatic heterocycles. The van der Waals surface area contributed by atoms with E-state index < -0.39 is 0 Å². The second-order valence-corrected chi connectivity index (χ2v) is 3.33. The zero-order chi connectivity index (χ0) is 9.31. The maximum absolute atomic E-state index is 12.5. The number of rotatable bonds is 2. The lowest BCUT2D eigenvalue weighted by Crippen LogP contribution is -2.18. The van der Waals surface area contributed by atoms with Crippen molar-refractivity contribution in [2.24, 2.45) is 0 Å². The van der Waals surface area contributed by atoms with Gasteiger partial charge in [0.25, 0.3) is 0 Å². The summed E-state index contributed by atoms with van der Waals surface area (Å²) >= 11 is 0. The van der Waals surface area contributed by atoms with Crippen LogP contribution in [-0.4, -0.2) is 5.54 Å². The summed E-state index contributed by atoms with van der Waals surface area (Å²) in [4.78, 5) is 0. The summed E-state index contributed by atoms with van der Waals surface area (Å²) in [5, 5.41) is 11.9. The number of hydrogen-bond acceptors (Lipinski definition) is 2. The molecule has 0 unspecified atom stereocenters. The predicted octanol–water partition coefficient (Wildman–Crippen LogP) is 2.29. The standard InChI is InChI=1S/C10H9FN2/c11-8-1-3-9(4-2-8)13-10(7-12)5-6-10/h1-4,13H,5-6H2. The first-order chi connectivity index (χ1) is 6.24. The zero-order valence-electron chi connectivity index (χ0n) is 7.05. The fraction of sp³-hybridized carbons (Fsp3) is 0.300. The van der Waals surface area contributed by atoms with Crippen molar-refractivity contribution >= 4 is 5.69 Å². The smallest absolute Gasteiger partial charge is 0.125 e. The van der Waals surface area contributed by atoms with Gasteiger partial charge in [0.2, 0.25) is 0 Å². The molecule has 2 rings (SSSR count). The summed E-state index contributed by atoms with van der Waals surface area (Å²) in [6.07, 6.45) is 1.75. The number of nitrogens with zero attached hydrogens (tertiary/aromatic N) is 1. The van der Waals surface area contributed by atoms with E-state index in [0.717, 1.165) is 18.5 Å². The molecule has 0 bridgehead atoms. The summed E-state index contributed by atoms with van der Waals surface area (Å²) < 4.78 is 12.5. The molecule has 1 fully saturated rings. The topological polar surface area (TPSA) is 35.8 Å². The minimum Gasteiger partial charge on any atom is -0.367 e. The third kappa shape index (κ3) is 1.62. The molecule has 0 spiro atoms. The highest BCUT2D eigenvalue weighted by molar-refractivity contribution is 5.50. The van der Waals surface area contributed by atoms with Gasteiger partial charge in [-0.1, -0.05) is 0 Å². The van der Waals surface area contributed by atoms with Gasteiger partial charge in [-0.05, 0) is 37.1 Å². The van der Waals surface area contributed by atoms with Gasteiger partial charge in [0.05, 0.1) is 6.07 Å². The summed E-state index contributed by atoms with van der Waals surface area (Å²) in [7, 11) is 0. The summed E-state index contributed by atoms with van der Waals surface area (Å²) in [6, 6.07) is 8.27. The molecule has 1 aromatic carbocycles. The molecule has 13 heavy (non-hydrogen) atoms. The largest absolute Gasteiger partial charge is 0.367 e. The lowest BCUT2D eigenvalue weighted by atomic mass is 10.2. The van der Waals surface area contributed by atoms with E-state index in [-0.39, 0.29) is 11.4 Å². The summed E-state index contributed by atoms with van der Waals surface area (Å²) in [5.74, 6) is -0.257. The van der Waals surface area contributed by atoms with Gasteiger partial charge in [-0.3, -0.25) is 0 Å². The van der Waals surface area contributed by atoms with Crippen LogP contribution in [0, 0.1) is 17.1 Å². The highest BCUT2D eigenvalue weighted by Gasteiger charge is 2.43. The Hall–Kier alpha value is -1.56. The number of nitriles is 1. The lowest BCUT2D eigenvalue weighted by molar-refractivity contribution is 0.628. The second kappa shape index (κ2) is 2.74. The molecular formula is C10H9FN2. The second-order valence-electron chi connectivity index (χ2n) is 3.33. The van der Waals surface area contributed by atoms with Crippen molar-refractivity contribution in [3.05, 3.63) is 30.1 Å². The molecule has 0 atom stereocenters. The Morgan fingerprint density at radius 2 is 1.92 bits per heavy atom. The average Bonchev–Trinajstić information content (AvgIpc) is 2.90. The molecule has 1 aliphatic rings. The minimum atomic E-state index is -0.377. The van der Waals surface area contributed by atoms with Crippen LogP contribution in [-0.2, 0) is 0 Å². The minimum absolute atomic E-state index is 0.257. The van der Waals surface area contributed by atoms with Crippen molar-refractivity contribution in [3.63, 3.8) is 0 Å². The number of benzene rings is 1. The van der Waals surface area contributed by atoms with Crippen molar-refractivity contribution in [2.45, 2.75) is 18.4 Å². The molecule has 1 aromatic rings. The van der Waals surface area contributed by atoms with Crippen molar-refractivity contribution in [1.29, 1.82) is 5.26 Å². The van der Waals surface area contributed by atoms with E-state index in [4.69, 9.17) is 5.26 Å². The van der Waals surface area contributed by atoms with E-state index >= 15 is 0 Å². The molecule has 0 amide bonds. The van der Waals surface area contributed by atoms with Crippen LogP contribution in [0.15, 0.2) is 24.3 Å². The van der Waals surface area contributed by atoms with E-state index in [2.05, 4.69) is 11.4 Å². The van der Waals surface area contributed by atoms with Crippen LogP contribution in [0.3, 0.4) is 0 Å². The normalized spacial score (nSPS) is 17.5. The van der Waals surface area contributed by atoms with E-state index in [9.17, 15) is 4.39 Å². The fourth-order valence-corrected chi connectivity index (χ4v) is 1.20. The van der Waals surface area contributed by atoms with Gasteiger partial charge in [-0.15, -0.1) is 0 Å². The molecule has 0 saturated heterocycles. The molecule has 1 N–H and O–H groups in total. The molecule has 1 saturated carbocycles. The fourth-order valence-electron chi connectivity index (χ4n) is 1.20. The quantitative estimate of drug-likeness (QED) is 0.750. The molecule has 0 radical (unpaired) electrons. The van der Waals surface area contributed by atoms with Crippen LogP contribution in [0.4, 0.5) is 10.1 Å². The van der Waals surface area contributed by atoms with Crippen LogP contribution in [0.5, 0.6) is 0 Å². The van der Waals surface area contributed by atoms with E-state index in [1.807, 2.05) is 0 Å². The molecule has 2 nitrogen and oxygen atoms in total. The highest BCUT2D eigenvalue weighted by Crippen LogP contribution is 2.37. The Morgan fingerprint density at radius 3 is 2.38 bits per heavy atom. The van der Waals surface area contributed by atoms with Crippen LogP contribution in [0.25, 0.3) is 0 Å². The molecular weight excluding hydrogens is 167 g/mol. The van der Waals surface area contributed by atoms with Gasteiger partial charge in [-0.2, -0.15) is 5.26 Å². The van der Waals surface area contributed by atoms with Crippen molar-refractivity contribution in [3.8, 4) is 6.07 Å². The van der Waals surface area contributed by atoms with Gasteiger partial charge in [0, 0.05) is 5.69 Å². The van der Waals surface area contributed by atoms with Gasteiger partial charge in [0.15, 0.2) is 0 Å². The van der Waals surface area contributed by atoms with Crippen molar-refractivity contribution < 1.29 is 4.39 Å². The van der Waals surface area contributed by atoms with Gasteiger partial charge in [-0.25, -0.2) is 4.39 Å². The zero-order valence-corrected chi connectivity index (χ0v) is 7.05. The molecule has 0 heterocycles. The first kappa shape index (κ1) is 8.06. The van der Waals surface area contributed by atoms with Crippen LogP contribution >= 0.6 is 0 Å². The SMILES string of the molecule is N#CC1(Nc2ccc(F)cc2)CC1. The molecule has 1 aliphatic carbocycles. The Morgan fingerprint density at radius 1 is 1.31 bits per heavy atom. The highest BCUT2D eigenvalue weighted by atomic mass is 19.1. The van der Waals surface area contributed by atoms with Gasteiger partial charge >= 0.3 is 0 Å². The van der Waals surface area contributed by atoms with Crippen LogP contribution in [0.2, 0.25) is 0 Å². The monoisotopic (exact) mass is 176 g/mol. The summed E-state index contributed by atoms with van der Waals surface area (Å²) in [6.45, 7) is 0. The molecule has 3 heteroatoms. The number of anilines is 1. The van der Waals surface area contributed by atoms with Gasteiger partial charge in [0.1, 0.15) is 11.4 Å². The lowest BCUT2D eigenvalue weighted by Gasteiger charge is -2.09. The Balaban J connectivity index is 2.11. The van der Waals surface area contributed by atoms with Crippen LogP contribution in [0.1, 0.15) is 12.8 Å². The van der Waals surface area contributed by atoms with Crippen molar-refractivity contribution in [2.75, 3.05) is 5.32 Å². The van der Waals surface area contributed by atoms with E-state index in [1.54, 1.807) is 12.1 Å². The number of nitrogens with one attached hydrogen (secondary N) is 1. The molecule has 66 valence electrons. The number of halogens is 1. The van der Waals surface area contributed by atoms with Crippen molar-refractivity contribution in [1.82, 2.24) is 0 Å². The first-order valence-electron chi connectivity index (χ1n) is 4.19. The Bertz CT molecular complexity index is 346. The van der Waals surface area contributed by atoms with Crippen LogP contribution < -0.4 is 5.32 Å². The third-order valence-corrected chi connectivity index (χ3v) is 2.19.